The molecule has 0 aliphatic rings. The summed E-state index contributed by atoms with van der Waals surface area (Å²) in [5.41, 5.74) is 1.22. The predicted octanol–water partition coefficient (Wildman–Crippen LogP) is 2.62. The molecule has 0 atom stereocenters. The van der Waals surface area contributed by atoms with E-state index in [0.717, 1.165) is 5.69 Å². The van der Waals surface area contributed by atoms with Crippen LogP contribution in [-0.4, -0.2) is 21.4 Å². The van der Waals surface area contributed by atoms with E-state index in [2.05, 4.69) is 26.7 Å². The summed E-state index contributed by atoms with van der Waals surface area (Å²) in [6.07, 6.45) is 2.90. The van der Waals surface area contributed by atoms with Crippen molar-refractivity contribution in [1.29, 1.82) is 5.26 Å². The van der Waals surface area contributed by atoms with Crippen LogP contribution in [0.3, 0.4) is 0 Å². The third-order valence-electron chi connectivity index (χ3n) is 2.64. The summed E-state index contributed by atoms with van der Waals surface area (Å²) in [6, 6.07) is 9.10. The first kappa shape index (κ1) is 15.4. The maximum atomic E-state index is 11.9. The summed E-state index contributed by atoms with van der Waals surface area (Å²) < 4.78 is 0. The van der Waals surface area contributed by atoms with E-state index in [-0.39, 0.29) is 17.1 Å². The quantitative estimate of drug-likeness (QED) is 0.908. The van der Waals surface area contributed by atoms with Crippen molar-refractivity contribution in [3.8, 4) is 6.07 Å². The molecule has 2 N–H and O–H groups in total. The van der Waals surface area contributed by atoms with Crippen molar-refractivity contribution in [1.82, 2.24) is 15.3 Å². The normalized spacial score (nSPS) is 10.6. The van der Waals surface area contributed by atoms with Gasteiger partial charge in [0.2, 0.25) is 0 Å². The monoisotopic (exact) mass is 295 g/mol. The molecule has 0 fully saturated rings. The van der Waals surface area contributed by atoms with Crippen molar-refractivity contribution in [2.45, 2.75) is 26.3 Å². The molecule has 1 heterocycles. The molecule has 2 rings (SSSR count). The van der Waals surface area contributed by atoms with Crippen molar-refractivity contribution < 1.29 is 4.79 Å². The number of nitriles is 1. The van der Waals surface area contributed by atoms with Gasteiger partial charge in [-0.05, 0) is 39.0 Å². The van der Waals surface area contributed by atoms with E-state index < -0.39 is 0 Å². The average molecular weight is 295 g/mol. The highest BCUT2D eigenvalue weighted by molar-refractivity contribution is 5.92. The zero-order valence-corrected chi connectivity index (χ0v) is 12.7. The molecule has 0 saturated carbocycles. The van der Waals surface area contributed by atoms with E-state index in [9.17, 15) is 4.79 Å². The van der Waals surface area contributed by atoms with Crippen LogP contribution in [0, 0.1) is 11.3 Å². The molecule has 1 aromatic carbocycles. The zero-order chi connectivity index (χ0) is 16.2. The minimum atomic E-state index is -0.326. The highest BCUT2D eigenvalue weighted by atomic mass is 16.2. The Bertz CT molecular complexity index is 711. The Kier molecular flexibility index (Phi) is 4.37. The number of hydrogen-bond acceptors (Lipinski definition) is 5. The highest BCUT2D eigenvalue weighted by Gasteiger charge is 2.16. The minimum Gasteiger partial charge on any atom is -0.346 e. The first-order chi connectivity index (χ1) is 10.4. The van der Waals surface area contributed by atoms with Gasteiger partial charge in [-0.1, -0.05) is 6.07 Å². The molecule has 0 aliphatic heterocycles. The number of carbonyl (C=O) groups is 1. The lowest BCUT2D eigenvalue weighted by Gasteiger charge is -2.19. The predicted molar refractivity (Wildman–Crippen MR) is 83.7 cm³/mol. The number of carbonyl (C=O) groups excluding carboxylic acids is 1. The fourth-order valence-electron chi connectivity index (χ4n) is 1.73. The van der Waals surface area contributed by atoms with E-state index in [0.29, 0.717) is 11.4 Å². The summed E-state index contributed by atoms with van der Waals surface area (Å²) >= 11 is 0. The molecule has 1 aromatic heterocycles. The Balaban J connectivity index is 2.09. The molecule has 0 saturated heterocycles. The van der Waals surface area contributed by atoms with Gasteiger partial charge in [0, 0.05) is 11.2 Å². The summed E-state index contributed by atoms with van der Waals surface area (Å²) in [5.74, 6) is 0.237. The smallest absolute Gasteiger partial charge is 0.271 e. The lowest BCUT2D eigenvalue weighted by Crippen LogP contribution is -2.40. The fraction of sp³-hybridized carbons (Fsp3) is 0.250. The van der Waals surface area contributed by atoms with Gasteiger partial charge in [0.15, 0.2) is 0 Å². The summed E-state index contributed by atoms with van der Waals surface area (Å²) in [5, 5.41) is 14.7. The number of amides is 1. The summed E-state index contributed by atoms with van der Waals surface area (Å²) in [4.78, 5) is 20.2. The molecule has 0 radical (unpaired) electrons. The lowest BCUT2D eigenvalue weighted by molar-refractivity contribution is 0.0914. The van der Waals surface area contributed by atoms with Crippen LogP contribution in [0.15, 0.2) is 36.7 Å². The minimum absolute atomic E-state index is 0.256. The largest absolute Gasteiger partial charge is 0.346 e. The van der Waals surface area contributed by atoms with Gasteiger partial charge in [0.1, 0.15) is 11.5 Å². The Labute approximate surface area is 129 Å². The van der Waals surface area contributed by atoms with E-state index in [1.54, 1.807) is 18.2 Å². The molecular formula is C16H17N5O. The summed E-state index contributed by atoms with van der Waals surface area (Å²) in [6.45, 7) is 5.70. The van der Waals surface area contributed by atoms with Crippen LogP contribution in [0.1, 0.15) is 36.8 Å². The van der Waals surface area contributed by atoms with Crippen LogP contribution in [0.4, 0.5) is 11.5 Å². The van der Waals surface area contributed by atoms with Gasteiger partial charge in [-0.3, -0.25) is 4.79 Å². The third kappa shape index (κ3) is 4.28. The van der Waals surface area contributed by atoms with Crippen molar-refractivity contribution in [2.75, 3.05) is 5.32 Å². The Hall–Kier alpha value is -2.94. The van der Waals surface area contributed by atoms with Crippen molar-refractivity contribution >= 4 is 17.4 Å². The number of hydrogen-bond donors (Lipinski definition) is 2. The summed E-state index contributed by atoms with van der Waals surface area (Å²) in [7, 11) is 0. The SMILES string of the molecule is CC(C)(C)NC(=O)c1cnc(Nc2cccc(C#N)c2)cn1. The first-order valence-corrected chi connectivity index (χ1v) is 6.79. The van der Waals surface area contributed by atoms with Gasteiger partial charge >= 0.3 is 0 Å². The van der Waals surface area contributed by atoms with E-state index in [1.807, 2.05) is 26.8 Å². The topological polar surface area (TPSA) is 90.7 Å². The van der Waals surface area contributed by atoms with Crippen LogP contribution in [0.2, 0.25) is 0 Å². The van der Waals surface area contributed by atoms with Gasteiger partial charge in [-0.15, -0.1) is 0 Å². The van der Waals surface area contributed by atoms with E-state index >= 15 is 0 Å². The molecule has 1 amide bonds. The van der Waals surface area contributed by atoms with Crippen molar-refractivity contribution in [3.05, 3.63) is 47.9 Å². The highest BCUT2D eigenvalue weighted by Crippen LogP contribution is 2.15. The Morgan fingerprint density at radius 3 is 2.59 bits per heavy atom. The number of anilines is 2. The van der Waals surface area contributed by atoms with Crippen LogP contribution in [-0.2, 0) is 0 Å². The molecule has 6 nitrogen and oxygen atoms in total. The molecule has 0 aliphatic carbocycles. The van der Waals surface area contributed by atoms with Gasteiger partial charge in [0.25, 0.3) is 5.91 Å². The maximum absolute atomic E-state index is 11.9. The number of aromatic nitrogens is 2. The van der Waals surface area contributed by atoms with Crippen LogP contribution < -0.4 is 10.6 Å². The van der Waals surface area contributed by atoms with Crippen LogP contribution >= 0.6 is 0 Å². The molecule has 0 unspecified atom stereocenters. The number of nitrogens with one attached hydrogen (secondary N) is 2. The Morgan fingerprint density at radius 1 is 1.23 bits per heavy atom. The van der Waals surface area contributed by atoms with Crippen LogP contribution in [0.25, 0.3) is 0 Å². The average Bonchev–Trinajstić information content (AvgIpc) is 2.46. The second-order valence-corrected chi connectivity index (χ2v) is 5.81. The van der Waals surface area contributed by atoms with Crippen molar-refractivity contribution in [3.63, 3.8) is 0 Å². The van der Waals surface area contributed by atoms with Gasteiger partial charge < -0.3 is 10.6 Å². The molecule has 22 heavy (non-hydrogen) atoms. The molecule has 6 heteroatoms. The molecule has 0 spiro atoms. The second kappa shape index (κ2) is 6.22. The standard InChI is InChI=1S/C16H17N5O/c1-16(2,3)21-15(22)13-9-19-14(10-18-13)20-12-6-4-5-11(7-12)8-17/h4-7,9-10H,1-3H3,(H,19,20)(H,21,22). The molecule has 112 valence electrons. The molecule has 0 bridgehead atoms. The molecule has 2 aromatic rings. The maximum Gasteiger partial charge on any atom is 0.271 e. The van der Waals surface area contributed by atoms with Gasteiger partial charge in [-0.2, -0.15) is 5.26 Å². The van der Waals surface area contributed by atoms with Gasteiger partial charge in [0.05, 0.1) is 24.0 Å². The second-order valence-electron chi connectivity index (χ2n) is 5.81. The fourth-order valence-corrected chi connectivity index (χ4v) is 1.73. The van der Waals surface area contributed by atoms with Gasteiger partial charge in [-0.25, -0.2) is 9.97 Å². The van der Waals surface area contributed by atoms with E-state index in [4.69, 9.17) is 5.26 Å². The lowest BCUT2D eigenvalue weighted by atomic mass is 10.1. The number of rotatable bonds is 3. The zero-order valence-electron chi connectivity index (χ0n) is 12.7. The number of benzene rings is 1. The van der Waals surface area contributed by atoms with Crippen molar-refractivity contribution in [2.24, 2.45) is 0 Å². The number of nitrogens with zero attached hydrogens (tertiary/aromatic N) is 3. The van der Waals surface area contributed by atoms with Crippen LogP contribution in [0.5, 0.6) is 0 Å². The third-order valence-corrected chi connectivity index (χ3v) is 2.64. The Morgan fingerprint density at radius 2 is 2.00 bits per heavy atom. The molecular weight excluding hydrogens is 278 g/mol. The first-order valence-electron chi connectivity index (χ1n) is 6.79. The van der Waals surface area contributed by atoms with E-state index in [1.165, 1.54) is 12.4 Å².